The van der Waals surface area contributed by atoms with Crippen molar-refractivity contribution >= 4 is 15.9 Å². The summed E-state index contributed by atoms with van der Waals surface area (Å²) in [6.45, 7) is 4.19. The molecule has 2 rings (SSSR count). The van der Waals surface area contributed by atoms with Gasteiger partial charge < -0.3 is 9.84 Å². The molecule has 0 fully saturated rings. The van der Waals surface area contributed by atoms with Crippen molar-refractivity contribution in [1.29, 1.82) is 0 Å². The number of aromatic nitrogens is 2. The molecular weight excluding hydrogens is 339 g/mol. The molecule has 1 atom stereocenters. The van der Waals surface area contributed by atoms with Crippen LogP contribution in [0.15, 0.2) is 28.9 Å². The third kappa shape index (κ3) is 2.82. The Morgan fingerprint density at radius 3 is 2.81 bits per heavy atom. The third-order valence-electron chi connectivity index (χ3n) is 3.37. The SMILES string of the molecule is CCCn1ncc(Br)c1C(C)(O)c1c(F)cccc1OC. The molecule has 114 valence electrons. The van der Waals surface area contributed by atoms with Crippen molar-refractivity contribution in [2.24, 2.45) is 0 Å². The summed E-state index contributed by atoms with van der Waals surface area (Å²) in [6.07, 6.45) is 2.46. The molecular formula is C15H18BrFN2O2. The number of aryl methyl sites for hydroxylation is 1. The molecule has 0 radical (unpaired) electrons. The molecule has 0 spiro atoms. The van der Waals surface area contributed by atoms with Crippen LogP contribution in [-0.2, 0) is 12.1 Å². The van der Waals surface area contributed by atoms with E-state index >= 15 is 0 Å². The lowest BCUT2D eigenvalue weighted by Gasteiger charge is -2.27. The van der Waals surface area contributed by atoms with Crippen molar-refractivity contribution in [2.75, 3.05) is 7.11 Å². The highest BCUT2D eigenvalue weighted by Gasteiger charge is 2.37. The van der Waals surface area contributed by atoms with Gasteiger partial charge in [-0.1, -0.05) is 13.0 Å². The van der Waals surface area contributed by atoms with E-state index < -0.39 is 11.4 Å². The fourth-order valence-electron chi connectivity index (χ4n) is 2.49. The molecule has 0 saturated carbocycles. The summed E-state index contributed by atoms with van der Waals surface area (Å²) in [5, 5.41) is 15.2. The first kappa shape index (κ1) is 16.0. The normalized spacial score (nSPS) is 14.0. The average molecular weight is 357 g/mol. The fraction of sp³-hybridized carbons (Fsp3) is 0.400. The molecule has 2 aromatic rings. The summed E-state index contributed by atoms with van der Waals surface area (Å²) in [6, 6.07) is 4.48. The zero-order valence-electron chi connectivity index (χ0n) is 12.2. The Morgan fingerprint density at radius 2 is 2.19 bits per heavy atom. The molecule has 21 heavy (non-hydrogen) atoms. The Balaban J connectivity index is 2.65. The van der Waals surface area contributed by atoms with E-state index in [1.54, 1.807) is 29.9 Å². The first-order chi connectivity index (χ1) is 9.93. The zero-order chi connectivity index (χ0) is 15.6. The largest absolute Gasteiger partial charge is 0.496 e. The Labute approximate surface area is 131 Å². The molecule has 1 aromatic carbocycles. The number of aliphatic hydroxyl groups is 1. The van der Waals surface area contributed by atoms with Gasteiger partial charge in [-0.2, -0.15) is 5.10 Å². The van der Waals surface area contributed by atoms with E-state index in [-0.39, 0.29) is 5.56 Å². The molecule has 0 amide bonds. The topological polar surface area (TPSA) is 47.3 Å². The number of nitrogens with zero attached hydrogens (tertiary/aromatic N) is 2. The molecule has 0 aliphatic carbocycles. The molecule has 1 aromatic heterocycles. The van der Waals surface area contributed by atoms with Crippen molar-refractivity contribution in [3.63, 3.8) is 0 Å². The Bertz CT molecular complexity index is 641. The number of rotatable bonds is 5. The van der Waals surface area contributed by atoms with Crippen LogP contribution in [0.4, 0.5) is 4.39 Å². The average Bonchev–Trinajstić information content (AvgIpc) is 2.80. The lowest BCUT2D eigenvalue weighted by molar-refractivity contribution is 0.0833. The quantitative estimate of drug-likeness (QED) is 0.892. The number of benzene rings is 1. The van der Waals surface area contributed by atoms with E-state index in [4.69, 9.17) is 4.74 Å². The summed E-state index contributed by atoms with van der Waals surface area (Å²) in [7, 11) is 1.45. The van der Waals surface area contributed by atoms with E-state index in [1.807, 2.05) is 6.92 Å². The minimum Gasteiger partial charge on any atom is -0.496 e. The molecule has 1 N–H and O–H groups in total. The maximum Gasteiger partial charge on any atom is 0.136 e. The minimum absolute atomic E-state index is 0.103. The van der Waals surface area contributed by atoms with E-state index in [9.17, 15) is 9.50 Å². The highest BCUT2D eigenvalue weighted by molar-refractivity contribution is 9.10. The molecule has 6 heteroatoms. The van der Waals surface area contributed by atoms with Crippen LogP contribution in [0.2, 0.25) is 0 Å². The van der Waals surface area contributed by atoms with Crippen LogP contribution >= 0.6 is 15.9 Å². The first-order valence-corrected chi connectivity index (χ1v) is 7.49. The standard InChI is InChI=1S/C15H18BrFN2O2/c1-4-8-19-14(10(16)9-18-19)15(2,20)13-11(17)6-5-7-12(13)21-3/h5-7,9,20H,4,8H2,1-3H3. The van der Waals surface area contributed by atoms with Gasteiger partial charge in [-0.15, -0.1) is 0 Å². The first-order valence-electron chi connectivity index (χ1n) is 6.70. The van der Waals surface area contributed by atoms with Crippen molar-refractivity contribution < 1.29 is 14.2 Å². The van der Waals surface area contributed by atoms with Gasteiger partial charge in [-0.05, 0) is 41.4 Å². The van der Waals surface area contributed by atoms with Crippen LogP contribution in [0.1, 0.15) is 31.5 Å². The second-order valence-electron chi connectivity index (χ2n) is 4.95. The predicted octanol–water partition coefficient (Wildman–Crippen LogP) is 3.46. The van der Waals surface area contributed by atoms with E-state index in [1.165, 1.54) is 13.2 Å². The maximum absolute atomic E-state index is 14.3. The van der Waals surface area contributed by atoms with E-state index in [2.05, 4.69) is 21.0 Å². The molecule has 0 bridgehead atoms. The van der Waals surface area contributed by atoms with Gasteiger partial charge in [0.1, 0.15) is 17.2 Å². The van der Waals surface area contributed by atoms with Crippen LogP contribution in [0, 0.1) is 5.82 Å². The van der Waals surface area contributed by atoms with Gasteiger partial charge >= 0.3 is 0 Å². The highest BCUT2D eigenvalue weighted by Crippen LogP contribution is 2.40. The van der Waals surface area contributed by atoms with Crippen LogP contribution in [0.5, 0.6) is 5.75 Å². The number of hydrogen-bond acceptors (Lipinski definition) is 3. The van der Waals surface area contributed by atoms with Crippen LogP contribution < -0.4 is 4.74 Å². The zero-order valence-corrected chi connectivity index (χ0v) is 13.8. The fourth-order valence-corrected chi connectivity index (χ4v) is 3.18. The van der Waals surface area contributed by atoms with Gasteiger partial charge in [0.2, 0.25) is 0 Å². The van der Waals surface area contributed by atoms with E-state index in [0.29, 0.717) is 22.5 Å². The highest BCUT2D eigenvalue weighted by atomic mass is 79.9. The molecule has 0 aliphatic rings. The van der Waals surface area contributed by atoms with Crippen molar-refractivity contribution in [3.8, 4) is 5.75 Å². The molecule has 1 heterocycles. The number of ether oxygens (including phenoxy) is 1. The summed E-state index contributed by atoms with van der Waals surface area (Å²) in [4.78, 5) is 0. The Hall–Kier alpha value is -1.40. The van der Waals surface area contributed by atoms with Crippen LogP contribution in [-0.4, -0.2) is 22.0 Å². The molecule has 0 saturated heterocycles. The van der Waals surface area contributed by atoms with Crippen molar-refractivity contribution in [3.05, 3.63) is 45.9 Å². The molecule has 4 nitrogen and oxygen atoms in total. The molecule has 0 aliphatic heterocycles. The number of halogens is 2. The van der Waals surface area contributed by atoms with Gasteiger partial charge in [0.05, 0.1) is 29.0 Å². The second kappa shape index (κ2) is 6.15. The van der Waals surface area contributed by atoms with Gasteiger partial charge in [-0.25, -0.2) is 4.39 Å². The smallest absolute Gasteiger partial charge is 0.136 e. The van der Waals surface area contributed by atoms with Gasteiger partial charge in [0.15, 0.2) is 0 Å². The van der Waals surface area contributed by atoms with Crippen LogP contribution in [0.25, 0.3) is 0 Å². The second-order valence-corrected chi connectivity index (χ2v) is 5.81. The lowest BCUT2D eigenvalue weighted by atomic mass is 9.91. The third-order valence-corrected chi connectivity index (χ3v) is 3.95. The van der Waals surface area contributed by atoms with Crippen molar-refractivity contribution in [2.45, 2.75) is 32.4 Å². The van der Waals surface area contributed by atoms with Crippen molar-refractivity contribution in [1.82, 2.24) is 9.78 Å². The van der Waals surface area contributed by atoms with Gasteiger partial charge in [0, 0.05) is 6.54 Å². The molecule has 1 unspecified atom stereocenters. The van der Waals surface area contributed by atoms with E-state index in [0.717, 1.165) is 6.42 Å². The summed E-state index contributed by atoms with van der Waals surface area (Å²) in [5.41, 5.74) is -0.958. The lowest BCUT2D eigenvalue weighted by Crippen LogP contribution is -2.29. The summed E-state index contributed by atoms with van der Waals surface area (Å²) >= 11 is 3.38. The Kier molecular flexibility index (Phi) is 4.68. The van der Waals surface area contributed by atoms with Gasteiger partial charge in [0.25, 0.3) is 0 Å². The number of hydrogen-bond donors (Lipinski definition) is 1. The van der Waals surface area contributed by atoms with Gasteiger partial charge in [-0.3, -0.25) is 4.68 Å². The Morgan fingerprint density at radius 1 is 1.48 bits per heavy atom. The van der Waals surface area contributed by atoms with Crippen LogP contribution in [0.3, 0.4) is 0 Å². The maximum atomic E-state index is 14.3. The predicted molar refractivity (Wildman–Crippen MR) is 81.8 cm³/mol. The number of methoxy groups -OCH3 is 1. The summed E-state index contributed by atoms with van der Waals surface area (Å²) in [5.74, 6) is -0.216. The monoisotopic (exact) mass is 356 g/mol. The minimum atomic E-state index is -1.57. The summed E-state index contributed by atoms with van der Waals surface area (Å²) < 4.78 is 21.8.